The number of anilines is 1. The second-order valence-corrected chi connectivity index (χ2v) is 7.42. The molecule has 1 aromatic carbocycles. The maximum Gasteiger partial charge on any atom is 0.265 e. The molecule has 9 heteroatoms. The molecule has 0 unspecified atom stereocenters. The molecular weight excluding hydrogens is 410 g/mol. The monoisotopic (exact) mass is 414 g/mol. The van der Waals surface area contributed by atoms with Crippen molar-refractivity contribution < 1.29 is 8.42 Å². The molecule has 0 spiro atoms. The first kappa shape index (κ1) is 15.9. The summed E-state index contributed by atoms with van der Waals surface area (Å²) in [5.41, 5.74) is 0.274. The molecule has 4 nitrogen and oxygen atoms in total. The van der Waals surface area contributed by atoms with Gasteiger partial charge in [-0.1, -0.05) is 34.8 Å². The Kier molecular flexibility index (Phi) is 4.81. The Bertz CT molecular complexity index is 768. The van der Waals surface area contributed by atoms with Crippen LogP contribution in [0.4, 0.5) is 5.69 Å². The van der Waals surface area contributed by atoms with E-state index in [1.54, 1.807) is 0 Å². The Balaban J connectivity index is 2.40. The van der Waals surface area contributed by atoms with Crippen LogP contribution in [0.15, 0.2) is 39.8 Å². The second kappa shape index (κ2) is 6.07. The first-order chi connectivity index (χ1) is 9.29. The summed E-state index contributed by atoms with van der Waals surface area (Å²) in [5, 5.41) is 0.447. The molecule has 2 aromatic rings. The topological polar surface area (TPSA) is 59.1 Å². The maximum atomic E-state index is 12.2. The number of pyridine rings is 1. The number of hydrogen-bond acceptors (Lipinski definition) is 3. The number of rotatable bonds is 3. The van der Waals surface area contributed by atoms with Gasteiger partial charge in [-0.05, 0) is 40.2 Å². The number of benzene rings is 1. The number of halogens is 4. The van der Waals surface area contributed by atoms with Gasteiger partial charge in [0.1, 0.15) is 10.0 Å². The molecular formula is C11H6BrCl3N2O2S. The van der Waals surface area contributed by atoms with Crippen molar-refractivity contribution in [3.63, 3.8) is 0 Å². The summed E-state index contributed by atoms with van der Waals surface area (Å²) in [6.45, 7) is 0. The van der Waals surface area contributed by atoms with Gasteiger partial charge < -0.3 is 0 Å². The SMILES string of the molecule is O=S(=O)(Nc1ccc(Cl)c(Cl)c1)c1cc(Br)cnc1Cl. The van der Waals surface area contributed by atoms with Gasteiger partial charge in [-0.2, -0.15) is 0 Å². The van der Waals surface area contributed by atoms with Crippen molar-refractivity contribution >= 4 is 66.4 Å². The number of sulfonamides is 1. The lowest BCUT2D eigenvalue weighted by Gasteiger charge is -2.10. The van der Waals surface area contributed by atoms with Crippen LogP contribution in [0.5, 0.6) is 0 Å². The highest BCUT2D eigenvalue weighted by Crippen LogP contribution is 2.28. The summed E-state index contributed by atoms with van der Waals surface area (Å²) in [5.74, 6) is 0. The fourth-order valence-corrected chi connectivity index (χ4v) is 3.65. The van der Waals surface area contributed by atoms with Crippen LogP contribution in [-0.4, -0.2) is 13.4 Å². The van der Waals surface area contributed by atoms with E-state index in [1.807, 2.05) is 0 Å². The minimum atomic E-state index is -3.87. The predicted octanol–water partition coefficient (Wildman–Crippen LogP) is 4.61. The van der Waals surface area contributed by atoms with E-state index < -0.39 is 10.0 Å². The number of nitrogens with zero attached hydrogens (tertiary/aromatic N) is 1. The second-order valence-electron chi connectivity index (χ2n) is 3.68. The molecule has 0 aliphatic carbocycles. The van der Waals surface area contributed by atoms with Crippen LogP contribution in [0.2, 0.25) is 15.2 Å². The summed E-state index contributed by atoms with van der Waals surface area (Å²) < 4.78 is 27.3. The molecule has 2 rings (SSSR count). The van der Waals surface area contributed by atoms with Crippen LogP contribution in [-0.2, 0) is 10.0 Å². The molecule has 1 aromatic heterocycles. The van der Waals surface area contributed by atoms with E-state index in [9.17, 15) is 8.42 Å². The van der Waals surface area contributed by atoms with E-state index in [2.05, 4.69) is 25.6 Å². The van der Waals surface area contributed by atoms with E-state index >= 15 is 0 Å². The third-order valence-corrected chi connectivity index (χ3v) is 5.22. The van der Waals surface area contributed by atoms with Gasteiger partial charge in [0, 0.05) is 10.7 Å². The maximum absolute atomic E-state index is 12.2. The van der Waals surface area contributed by atoms with Gasteiger partial charge in [-0.15, -0.1) is 0 Å². The molecule has 20 heavy (non-hydrogen) atoms. The van der Waals surface area contributed by atoms with Crippen LogP contribution < -0.4 is 4.72 Å². The highest BCUT2D eigenvalue weighted by molar-refractivity contribution is 9.10. The molecule has 106 valence electrons. The van der Waals surface area contributed by atoms with E-state index in [0.29, 0.717) is 9.50 Å². The van der Waals surface area contributed by atoms with Crippen molar-refractivity contribution in [1.82, 2.24) is 4.98 Å². The van der Waals surface area contributed by atoms with Gasteiger partial charge >= 0.3 is 0 Å². The Hall–Kier alpha value is -0.530. The third kappa shape index (κ3) is 3.56. The normalized spacial score (nSPS) is 11.4. The van der Waals surface area contributed by atoms with Crippen LogP contribution in [0.25, 0.3) is 0 Å². The zero-order chi connectivity index (χ0) is 14.9. The van der Waals surface area contributed by atoms with Gasteiger partial charge in [0.05, 0.1) is 15.7 Å². The highest BCUT2D eigenvalue weighted by atomic mass is 79.9. The van der Waals surface area contributed by atoms with Crippen LogP contribution >= 0.6 is 50.7 Å². The van der Waals surface area contributed by atoms with Crippen molar-refractivity contribution in [2.45, 2.75) is 4.90 Å². The molecule has 0 aliphatic heterocycles. The van der Waals surface area contributed by atoms with Crippen molar-refractivity contribution in [3.8, 4) is 0 Å². The smallest absolute Gasteiger partial charge is 0.265 e. The van der Waals surface area contributed by atoms with E-state index in [4.69, 9.17) is 34.8 Å². The molecule has 0 saturated carbocycles. The highest BCUT2D eigenvalue weighted by Gasteiger charge is 2.19. The fourth-order valence-electron chi connectivity index (χ4n) is 1.36. The summed E-state index contributed by atoms with van der Waals surface area (Å²) in [7, 11) is -3.87. The Morgan fingerprint density at radius 2 is 1.80 bits per heavy atom. The van der Waals surface area contributed by atoms with Gasteiger partial charge in [0.25, 0.3) is 10.0 Å². The summed E-state index contributed by atoms with van der Waals surface area (Å²) in [6.07, 6.45) is 1.40. The molecule has 0 aliphatic rings. The van der Waals surface area contributed by atoms with Crippen LogP contribution in [0.3, 0.4) is 0 Å². The zero-order valence-corrected chi connectivity index (χ0v) is 14.2. The van der Waals surface area contributed by atoms with Gasteiger partial charge in [0.15, 0.2) is 0 Å². The number of hydrogen-bond donors (Lipinski definition) is 1. The van der Waals surface area contributed by atoms with Crippen molar-refractivity contribution in [3.05, 3.63) is 50.1 Å². The van der Waals surface area contributed by atoms with Gasteiger partial charge in [-0.25, -0.2) is 13.4 Å². The molecule has 0 amide bonds. The Morgan fingerprint density at radius 3 is 2.45 bits per heavy atom. The molecule has 0 radical (unpaired) electrons. The predicted molar refractivity (Wildman–Crippen MR) is 84.2 cm³/mol. The number of aromatic nitrogens is 1. The van der Waals surface area contributed by atoms with Crippen LogP contribution in [0, 0.1) is 0 Å². The minimum absolute atomic E-state index is 0.124. The van der Waals surface area contributed by atoms with E-state index in [-0.39, 0.29) is 20.8 Å². The molecule has 1 heterocycles. The van der Waals surface area contributed by atoms with Gasteiger partial charge in [-0.3, -0.25) is 4.72 Å². The van der Waals surface area contributed by atoms with E-state index in [0.717, 1.165) is 0 Å². The lowest BCUT2D eigenvalue weighted by molar-refractivity contribution is 0.601. The average molecular weight is 417 g/mol. The first-order valence-corrected chi connectivity index (χ1v) is 8.49. The Morgan fingerprint density at radius 1 is 1.10 bits per heavy atom. The van der Waals surface area contributed by atoms with Crippen molar-refractivity contribution in [1.29, 1.82) is 0 Å². The zero-order valence-electron chi connectivity index (χ0n) is 9.57. The molecule has 0 bridgehead atoms. The quantitative estimate of drug-likeness (QED) is 0.744. The van der Waals surface area contributed by atoms with Crippen molar-refractivity contribution in [2.75, 3.05) is 4.72 Å². The fraction of sp³-hybridized carbons (Fsp3) is 0. The number of nitrogens with one attached hydrogen (secondary N) is 1. The summed E-state index contributed by atoms with van der Waals surface area (Å²) in [4.78, 5) is 3.63. The van der Waals surface area contributed by atoms with Crippen LogP contribution in [0.1, 0.15) is 0 Å². The molecule has 1 N–H and O–H groups in total. The molecule has 0 atom stereocenters. The minimum Gasteiger partial charge on any atom is -0.279 e. The standard InChI is InChI=1S/C11H6BrCl3N2O2S/c12-6-3-10(11(15)16-5-6)20(18,19)17-7-1-2-8(13)9(14)4-7/h1-5,17H. The van der Waals surface area contributed by atoms with Crippen molar-refractivity contribution in [2.24, 2.45) is 0 Å². The molecule has 0 saturated heterocycles. The average Bonchev–Trinajstić information content (AvgIpc) is 2.36. The third-order valence-electron chi connectivity index (χ3n) is 2.23. The van der Waals surface area contributed by atoms with E-state index in [1.165, 1.54) is 30.5 Å². The lowest BCUT2D eigenvalue weighted by Crippen LogP contribution is -2.14. The summed E-state index contributed by atoms with van der Waals surface area (Å²) >= 11 is 20.5. The summed E-state index contributed by atoms with van der Waals surface area (Å²) in [6, 6.07) is 5.74. The van der Waals surface area contributed by atoms with Gasteiger partial charge in [0.2, 0.25) is 0 Å². The Labute approximate surface area is 139 Å². The lowest BCUT2D eigenvalue weighted by atomic mass is 10.3. The molecule has 0 fully saturated rings. The first-order valence-electron chi connectivity index (χ1n) is 5.08. The largest absolute Gasteiger partial charge is 0.279 e.